The van der Waals surface area contributed by atoms with Crippen LogP contribution in [0.1, 0.15) is 38.8 Å². The fraction of sp³-hybridized carbons (Fsp3) is 0.500. The van der Waals surface area contributed by atoms with Crippen LogP contribution in [0, 0.1) is 0 Å². The first-order valence-electron chi connectivity index (χ1n) is 6.37. The second kappa shape index (κ2) is 7.01. The Morgan fingerprint density at radius 2 is 2.11 bits per heavy atom. The number of benzene rings is 1. The summed E-state index contributed by atoms with van der Waals surface area (Å²) >= 11 is 0. The summed E-state index contributed by atoms with van der Waals surface area (Å²) in [7, 11) is 0. The monoisotopic (exact) mass is 250 g/mol. The van der Waals surface area contributed by atoms with Gasteiger partial charge in [0.05, 0.1) is 6.04 Å². The van der Waals surface area contributed by atoms with Crippen molar-refractivity contribution in [3.8, 4) is 5.75 Å². The maximum atomic E-state index is 11.7. The van der Waals surface area contributed by atoms with Crippen LogP contribution in [-0.4, -0.2) is 23.6 Å². The molecule has 2 atom stereocenters. The minimum Gasteiger partial charge on any atom is -0.508 e. The van der Waals surface area contributed by atoms with E-state index in [0.717, 1.165) is 12.0 Å². The summed E-state index contributed by atoms with van der Waals surface area (Å²) in [4.78, 5) is 11.7. The normalized spacial score (nSPS) is 13.9. The third-order valence-electron chi connectivity index (χ3n) is 2.81. The van der Waals surface area contributed by atoms with E-state index in [1.165, 1.54) is 0 Å². The molecule has 0 fully saturated rings. The van der Waals surface area contributed by atoms with Crippen LogP contribution >= 0.6 is 0 Å². The van der Waals surface area contributed by atoms with E-state index in [-0.39, 0.29) is 23.7 Å². The zero-order valence-corrected chi connectivity index (χ0v) is 11.2. The van der Waals surface area contributed by atoms with Crippen LogP contribution in [0.3, 0.4) is 0 Å². The average Bonchev–Trinajstić information content (AvgIpc) is 2.35. The van der Waals surface area contributed by atoms with Gasteiger partial charge in [-0.15, -0.1) is 0 Å². The van der Waals surface area contributed by atoms with Crippen LogP contribution in [0.4, 0.5) is 0 Å². The molecule has 0 aliphatic rings. The van der Waals surface area contributed by atoms with Crippen molar-refractivity contribution in [2.45, 2.75) is 39.3 Å². The van der Waals surface area contributed by atoms with Crippen LogP contribution in [0.5, 0.6) is 5.75 Å². The van der Waals surface area contributed by atoms with Gasteiger partial charge in [-0.2, -0.15) is 0 Å². The highest BCUT2D eigenvalue weighted by Crippen LogP contribution is 2.18. The number of carbonyl (C=O) groups excluding carboxylic acids is 1. The lowest BCUT2D eigenvalue weighted by molar-refractivity contribution is -0.122. The summed E-state index contributed by atoms with van der Waals surface area (Å²) in [5, 5.41) is 15.5. The smallest absolute Gasteiger partial charge is 0.236 e. The van der Waals surface area contributed by atoms with Gasteiger partial charge in [0.25, 0.3) is 0 Å². The van der Waals surface area contributed by atoms with E-state index >= 15 is 0 Å². The number of amides is 1. The molecule has 0 bridgehead atoms. The molecule has 0 aromatic heterocycles. The number of nitrogens with one attached hydrogen (secondary N) is 2. The van der Waals surface area contributed by atoms with Gasteiger partial charge in [-0.25, -0.2) is 0 Å². The lowest BCUT2D eigenvalue weighted by Crippen LogP contribution is -2.43. The molecule has 3 N–H and O–H groups in total. The number of hydrogen-bond donors (Lipinski definition) is 3. The lowest BCUT2D eigenvalue weighted by atomic mass is 10.1. The number of hydrogen-bond acceptors (Lipinski definition) is 3. The zero-order valence-electron chi connectivity index (χ0n) is 11.2. The molecule has 4 heteroatoms. The minimum absolute atomic E-state index is 0.00357. The van der Waals surface area contributed by atoms with E-state index in [2.05, 4.69) is 10.6 Å². The molecular weight excluding hydrogens is 228 g/mol. The molecule has 100 valence electrons. The predicted molar refractivity (Wildman–Crippen MR) is 72.4 cm³/mol. The van der Waals surface area contributed by atoms with E-state index in [9.17, 15) is 9.90 Å². The summed E-state index contributed by atoms with van der Waals surface area (Å²) in [5.74, 6) is 0.244. The molecule has 0 aliphatic heterocycles. The number of rotatable bonds is 6. The highest BCUT2D eigenvalue weighted by atomic mass is 16.3. The first-order valence-corrected chi connectivity index (χ1v) is 6.37. The van der Waals surface area contributed by atoms with Crippen LogP contribution in [0.25, 0.3) is 0 Å². The summed E-state index contributed by atoms with van der Waals surface area (Å²) < 4.78 is 0. The highest BCUT2D eigenvalue weighted by molar-refractivity contribution is 5.81. The molecule has 0 radical (unpaired) electrons. The van der Waals surface area contributed by atoms with Gasteiger partial charge in [-0.3, -0.25) is 10.1 Å². The van der Waals surface area contributed by atoms with Crippen molar-refractivity contribution in [1.82, 2.24) is 10.6 Å². The molecule has 1 rings (SSSR count). The van der Waals surface area contributed by atoms with Crippen molar-refractivity contribution in [3.05, 3.63) is 29.8 Å². The van der Waals surface area contributed by atoms with Gasteiger partial charge >= 0.3 is 0 Å². The van der Waals surface area contributed by atoms with Gasteiger partial charge in [0.15, 0.2) is 0 Å². The first-order chi connectivity index (χ1) is 8.54. The van der Waals surface area contributed by atoms with E-state index < -0.39 is 0 Å². The Morgan fingerprint density at radius 1 is 1.39 bits per heavy atom. The average molecular weight is 250 g/mol. The topological polar surface area (TPSA) is 61.4 Å². The molecule has 0 spiro atoms. The van der Waals surface area contributed by atoms with Gasteiger partial charge in [0.1, 0.15) is 5.75 Å². The Hall–Kier alpha value is -1.55. The summed E-state index contributed by atoms with van der Waals surface area (Å²) in [6.07, 6.45) is 0.931. The molecule has 1 aromatic carbocycles. The van der Waals surface area contributed by atoms with Crippen molar-refractivity contribution in [3.63, 3.8) is 0 Å². The Kier molecular flexibility index (Phi) is 5.65. The number of phenolic OH excluding ortho intramolecular Hbond substituents is 1. The number of carbonyl (C=O) groups is 1. The second-order valence-corrected chi connectivity index (χ2v) is 4.50. The van der Waals surface area contributed by atoms with Gasteiger partial charge in [-0.1, -0.05) is 19.1 Å². The third-order valence-corrected chi connectivity index (χ3v) is 2.81. The zero-order chi connectivity index (χ0) is 13.5. The maximum Gasteiger partial charge on any atom is 0.236 e. The van der Waals surface area contributed by atoms with Crippen molar-refractivity contribution in [1.29, 1.82) is 0 Å². The van der Waals surface area contributed by atoms with Crippen molar-refractivity contribution < 1.29 is 9.90 Å². The quantitative estimate of drug-likeness (QED) is 0.723. The fourth-order valence-corrected chi connectivity index (χ4v) is 1.74. The number of phenols is 1. The summed E-state index contributed by atoms with van der Waals surface area (Å²) in [6.45, 7) is 6.53. The molecule has 1 aromatic rings. The van der Waals surface area contributed by atoms with Crippen LogP contribution < -0.4 is 10.6 Å². The largest absolute Gasteiger partial charge is 0.508 e. The fourth-order valence-electron chi connectivity index (χ4n) is 1.74. The van der Waals surface area contributed by atoms with E-state index in [0.29, 0.717) is 6.54 Å². The standard InChI is InChI=1S/C14H22N2O2/c1-4-8-15-14(18)11(3)16-10(2)12-6-5-7-13(17)9-12/h5-7,9-11,16-17H,4,8H2,1-3H3,(H,15,18). The Labute approximate surface area is 108 Å². The molecule has 0 heterocycles. The van der Waals surface area contributed by atoms with E-state index in [1.54, 1.807) is 18.2 Å². The first kappa shape index (κ1) is 14.5. The Morgan fingerprint density at radius 3 is 2.72 bits per heavy atom. The minimum atomic E-state index is -0.256. The van der Waals surface area contributed by atoms with Crippen molar-refractivity contribution >= 4 is 5.91 Å². The van der Waals surface area contributed by atoms with Crippen molar-refractivity contribution in [2.24, 2.45) is 0 Å². The summed E-state index contributed by atoms with van der Waals surface area (Å²) in [5.41, 5.74) is 0.963. The molecule has 4 nitrogen and oxygen atoms in total. The van der Waals surface area contributed by atoms with Gasteiger partial charge in [0.2, 0.25) is 5.91 Å². The second-order valence-electron chi connectivity index (χ2n) is 4.50. The van der Waals surface area contributed by atoms with Gasteiger partial charge in [0, 0.05) is 12.6 Å². The molecule has 18 heavy (non-hydrogen) atoms. The predicted octanol–water partition coefficient (Wildman–Crippen LogP) is 1.96. The van der Waals surface area contributed by atoms with E-state index in [4.69, 9.17) is 0 Å². The van der Waals surface area contributed by atoms with Crippen LogP contribution in [0.2, 0.25) is 0 Å². The molecule has 0 aliphatic carbocycles. The van der Waals surface area contributed by atoms with E-state index in [1.807, 2.05) is 26.8 Å². The maximum absolute atomic E-state index is 11.7. The van der Waals surface area contributed by atoms with Crippen LogP contribution in [0.15, 0.2) is 24.3 Å². The number of aromatic hydroxyl groups is 1. The highest BCUT2D eigenvalue weighted by Gasteiger charge is 2.15. The summed E-state index contributed by atoms with van der Waals surface area (Å²) in [6, 6.07) is 6.81. The molecule has 0 saturated heterocycles. The molecular formula is C14H22N2O2. The Bertz CT molecular complexity index is 393. The molecule has 2 unspecified atom stereocenters. The molecule has 0 saturated carbocycles. The van der Waals surface area contributed by atoms with Crippen LogP contribution in [-0.2, 0) is 4.79 Å². The van der Waals surface area contributed by atoms with Crippen molar-refractivity contribution in [2.75, 3.05) is 6.54 Å². The SMILES string of the molecule is CCCNC(=O)C(C)NC(C)c1cccc(O)c1. The third kappa shape index (κ3) is 4.37. The lowest BCUT2D eigenvalue weighted by Gasteiger charge is -2.20. The van der Waals surface area contributed by atoms with Gasteiger partial charge < -0.3 is 10.4 Å². The Balaban J connectivity index is 2.53. The van der Waals surface area contributed by atoms with Gasteiger partial charge in [-0.05, 0) is 38.0 Å². The molecule has 1 amide bonds.